The van der Waals surface area contributed by atoms with Gasteiger partial charge in [0.2, 0.25) is 0 Å². The number of aliphatic hydroxyl groups excluding tert-OH is 1. The lowest BCUT2D eigenvalue weighted by Gasteiger charge is -2.38. The van der Waals surface area contributed by atoms with Gasteiger partial charge in [-0.15, -0.1) is 0 Å². The summed E-state index contributed by atoms with van der Waals surface area (Å²) >= 11 is 0. The van der Waals surface area contributed by atoms with Crippen LogP contribution >= 0.6 is 0 Å². The van der Waals surface area contributed by atoms with E-state index in [1.165, 1.54) is 44.9 Å². The third-order valence-electron chi connectivity index (χ3n) is 3.77. The Bertz CT molecular complexity index is 138. The van der Waals surface area contributed by atoms with Crippen molar-refractivity contribution in [2.24, 2.45) is 11.3 Å². The second kappa shape index (κ2) is 4.99. The molecular weight excluding hydrogens is 160 g/mol. The van der Waals surface area contributed by atoms with Crippen LogP contribution in [0.2, 0.25) is 0 Å². The van der Waals surface area contributed by atoms with Gasteiger partial charge in [-0.25, -0.2) is 0 Å². The molecule has 13 heavy (non-hydrogen) atoms. The average Bonchev–Trinajstić information content (AvgIpc) is 2.19. The van der Waals surface area contributed by atoms with E-state index in [2.05, 4.69) is 13.8 Å². The number of aliphatic hydroxyl groups is 1. The van der Waals surface area contributed by atoms with Crippen LogP contribution in [0.1, 0.15) is 58.8 Å². The molecule has 0 aromatic heterocycles. The maximum atomic E-state index is 9.47. The third-order valence-corrected chi connectivity index (χ3v) is 3.77. The van der Waals surface area contributed by atoms with Crippen LogP contribution in [0, 0.1) is 11.3 Å². The van der Waals surface area contributed by atoms with Crippen LogP contribution in [-0.2, 0) is 0 Å². The molecule has 0 radical (unpaired) electrons. The molecule has 1 heteroatoms. The lowest BCUT2D eigenvalue weighted by Crippen LogP contribution is -2.32. The summed E-state index contributed by atoms with van der Waals surface area (Å²) in [7, 11) is 0. The predicted molar refractivity (Wildman–Crippen MR) is 56.7 cm³/mol. The fourth-order valence-corrected chi connectivity index (χ4v) is 2.78. The maximum Gasteiger partial charge on any atom is 0.0487 e. The van der Waals surface area contributed by atoms with E-state index in [9.17, 15) is 5.11 Å². The Labute approximate surface area is 82.5 Å². The normalized spacial score (nSPS) is 24.2. The summed E-state index contributed by atoms with van der Waals surface area (Å²) in [5.74, 6) is 0.784. The molecule has 0 spiro atoms. The van der Waals surface area contributed by atoms with Gasteiger partial charge in [0.1, 0.15) is 0 Å². The number of hydrogen-bond donors (Lipinski definition) is 1. The summed E-state index contributed by atoms with van der Waals surface area (Å²) in [6.45, 7) is 4.87. The number of rotatable bonds is 4. The molecular formula is C12H24O. The van der Waals surface area contributed by atoms with Crippen LogP contribution in [0.25, 0.3) is 0 Å². The largest absolute Gasteiger partial charge is 0.396 e. The fraction of sp³-hybridized carbons (Fsp3) is 1.00. The molecule has 1 unspecified atom stereocenters. The van der Waals surface area contributed by atoms with Crippen molar-refractivity contribution in [3.8, 4) is 0 Å². The van der Waals surface area contributed by atoms with E-state index in [-0.39, 0.29) is 5.41 Å². The minimum absolute atomic E-state index is 0.217. The highest BCUT2D eigenvalue weighted by molar-refractivity contribution is 4.83. The van der Waals surface area contributed by atoms with Gasteiger partial charge in [-0.1, -0.05) is 39.5 Å². The minimum atomic E-state index is 0.217. The minimum Gasteiger partial charge on any atom is -0.396 e. The van der Waals surface area contributed by atoms with Crippen molar-refractivity contribution in [1.29, 1.82) is 0 Å². The molecule has 0 aromatic rings. The Morgan fingerprint density at radius 3 is 2.31 bits per heavy atom. The molecule has 1 nitrogen and oxygen atoms in total. The van der Waals surface area contributed by atoms with Crippen LogP contribution in [0.5, 0.6) is 0 Å². The van der Waals surface area contributed by atoms with Crippen molar-refractivity contribution < 1.29 is 5.11 Å². The fourth-order valence-electron chi connectivity index (χ4n) is 2.78. The summed E-state index contributed by atoms with van der Waals surface area (Å²) in [4.78, 5) is 0. The lowest BCUT2D eigenvalue weighted by atomic mass is 9.68. The standard InChI is InChI=1S/C12H24O/c1-3-9-12(2,10-13)11-7-5-4-6-8-11/h11,13H,3-10H2,1-2H3. The van der Waals surface area contributed by atoms with Gasteiger partial charge in [0, 0.05) is 6.61 Å². The van der Waals surface area contributed by atoms with E-state index in [1.54, 1.807) is 0 Å². The molecule has 1 rings (SSSR count). The van der Waals surface area contributed by atoms with E-state index < -0.39 is 0 Å². The van der Waals surface area contributed by atoms with Crippen molar-refractivity contribution in [2.45, 2.75) is 58.8 Å². The molecule has 0 aromatic carbocycles. The third kappa shape index (κ3) is 2.70. The zero-order chi connectivity index (χ0) is 9.73. The Kier molecular flexibility index (Phi) is 4.24. The first-order valence-corrected chi connectivity index (χ1v) is 5.84. The first-order chi connectivity index (χ1) is 6.23. The summed E-state index contributed by atoms with van der Waals surface area (Å²) in [6.07, 6.45) is 9.24. The van der Waals surface area contributed by atoms with E-state index in [0.29, 0.717) is 6.61 Å². The molecule has 1 aliphatic carbocycles. The van der Waals surface area contributed by atoms with Gasteiger partial charge in [-0.3, -0.25) is 0 Å². The first kappa shape index (κ1) is 11.0. The van der Waals surface area contributed by atoms with Crippen LogP contribution in [0.15, 0.2) is 0 Å². The van der Waals surface area contributed by atoms with Crippen LogP contribution in [-0.4, -0.2) is 11.7 Å². The van der Waals surface area contributed by atoms with E-state index in [4.69, 9.17) is 0 Å². The van der Waals surface area contributed by atoms with Gasteiger partial charge in [0.25, 0.3) is 0 Å². The first-order valence-electron chi connectivity index (χ1n) is 5.84. The second-order valence-corrected chi connectivity index (χ2v) is 4.90. The van der Waals surface area contributed by atoms with Crippen molar-refractivity contribution in [1.82, 2.24) is 0 Å². The molecule has 0 bridgehead atoms. The molecule has 1 atom stereocenters. The van der Waals surface area contributed by atoms with Gasteiger partial charge >= 0.3 is 0 Å². The smallest absolute Gasteiger partial charge is 0.0487 e. The quantitative estimate of drug-likeness (QED) is 0.710. The summed E-state index contributed by atoms with van der Waals surface area (Å²) < 4.78 is 0. The average molecular weight is 184 g/mol. The SMILES string of the molecule is CCCC(C)(CO)C1CCCCC1. The Morgan fingerprint density at radius 1 is 1.23 bits per heavy atom. The zero-order valence-corrected chi connectivity index (χ0v) is 9.18. The molecule has 0 heterocycles. The van der Waals surface area contributed by atoms with E-state index in [1.807, 2.05) is 0 Å². The summed E-state index contributed by atoms with van der Waals surface area (Å²) in [6, 6.07) is 0. The molecule has 0 amide bonds. The Hall–Kier alpha value is -0.0400. The predicted octanol–water partition coefficient (Wildman–Crippen LogP) is 3.37. The van der Waals surface area contributed by atoms with Gasteiger partial charge in [0.05, 0.1) is 0 Å². The molecule has 0 saturated heterocycles. The lowest BCUT2D eigenvalue weighted by molar-refractivity contribution is 0.0477. The highest BCUT2D eigenvalue weighted by Gasteiger charge is 2.33. The van der Waals surface area contributed by atoms with Gasteiger partial charge in [-0.2, -0.15) is 0 Å². The van der Waals surface area contributed by atoms with E-state index >= 15 is 0 Å². The molecule has 1 saturated carbocycles. The Balaban J connectivity index is 2.51. The van der Waals surface area contributed by atoms with Gasteiger partial charge in [0.15, 0.2) is 0 Å². The van der Waals surface area contributed by atoms with E-state index in [0.717, 1.165) is 5.92 Å². The molecule has 78 valence electrons. The second-order valence-electron chi connectivity index (χ2n) is 4.90. The van der Waals surface area contributed by atoms with Crippen LogP contribution < -0.4 is 0 Å². The van der Waals surface area contributed by atoms with Crippen LogP contribution in [0.4, 0.5) is 0 Å². The summed E-state index contributed by atoms with van der Waals surface area (Å²) in [5.41, 5.74) is 0.217. The van der Waals surface area contributed by atoms with Crippen LogP contribution in [0.3, 0.4) is 0 Å². The van der Waals surface area contributed by atoms with Gasteiger partial charge < -0.3 is 5.11 Å². The van der Waals surface area contributed by atoms with Crippen molar-refractivity contribution in [3.05, 3.63) is 0 Å². The van der Waals surface area contributed by atoms with Gasteiger partial charge in [-0.05, 0) is 30.6 Å². The molecule has 1 aliphatic rings. The molecule has 0 aliphatic heterocycles. The topological polar surface area (TPSA) is 20.2 Å². The monoisotopic (exact) mass is 184 g/mol. The highest BCUT2D eigenvalue weighted by atomic mass is 16.3. The van der Waals surface area contributed by atoms with Crippen molar-refractivity contribution in [2.75, 3.05) is 6.61 Å². The Morgan fingerprint density at radius 2 is 1.85 bits per heavy atom. The van der Waals surface area contributed by atoms with Crippen molar-refractivity contribution in [3.63, 3.8) is 0 Å². The summed E-state index contributed by atoms with van der Waals surface area (Å²) in [5, 5.41) is 9.47. The molecule has 1 N–H and O–H groups in total. The maximum absolute atomic E-state index is 9.47. The molecule has 1 fully saturated rings. The highest BCUT2D eigenvalue weighted by Crippen LogP contribution is 2.41. The number of hydrogen-bond acceptors (Lipinski definition) is 1. The van der Waals surface area contributed by atoms with Crippen molar-refractivity contribution >= 4 is 0 Å². The zero-order valence-electron chi connectivity index (χ0n) is 9.18.